The van der Waals surface area contributed by atoms with Crippen molar-refractivity contribution in [1.29, 1.82) is 0 Å². The van der Waals surface area contributed by atoms with Crippen molar-refractivity contribution in [1.82, 2.24) is 4.90 Å². The standard InChI is InChI=1S/C21H28FNO6S/c1-15(17-7-8-18(22)19(11-17)28-13-16-5-6-16)14-30(26,27)10-4-2-3-9-23-12-20(24)29-21(23)25/h7-8,11,15-16H,2-6,9-10,12-14H2,1H3/t15-/m0/s1. The highest BCUT2D eigenvalue weighted by Crippen LogP contribution is 2.31. The maximum Gasteiger partial charge on any atom is 0.418 e. The van der Waals surface area contributed by atoms with E-state index >= 15 is 0 Å². The molecule has 0 bridgehead atoms. The van der Waals surface area contributed by atoms with Gasteiger partial charge in [-0.3, -0.25) is 4.90 Å². The zero-order valence-electron chi connectivity index (χ0n) is 17.1. The number of carbonyl (C=O) groups is 2. The number of amides is 1. The molecule has 0 radical (unpaired) electrons. The Bertz CT molecular complexity index is 883. The molecule has 0 unspecified atom stereocenters. The molecule has 7 nitrogen and oxygen atoms in total. The number of nitrogens with zero attached hydrogens (tertiary/aromatic N) is 1. The van der Waals surface area contributed by atoms with E-state index in [9.17, 15) is 22.4 Å². The van der Waals surface area contributed by atoms with Crippen molar-refractivity contribution in [3.05, 3.63) is 29.6 Å². The van der Waals surface area contributed by atoms with E-state index in [1.54, 1.807) is 12.1 Å². The Morgan fingerprint density at radius 1 is 1.23 bits per heavy atom. The molecule has 0 spiro atoms. The smallest absolute Gasteiger partial charge is 0.418 e. The summed E-state index contributed by atoms with van der Waals surface area (Å²) < 4.78 is 48.9. The minimum atomic E-state index is -3.28. The van der Waals surface area contributed by atoms with Gasteiger partial charge in [-0.25, -0.2) is 22.4 Å². The first kappa shape index (κ1) is 22.5. The van der Waals surface area contributed by atoms with Crippen LogP contribution in [0.25, 0.3) is 0 Å². The molecule has 166 valence electrons. The summed E-state index contributed by atoms with van der Waals surface area (Å²) in [5.74, 6) is -0.550. The van der Waals surface area contributed by atoms with Gasteiger partial charge in [0.15, 0.2) is 21.4 Å². The maximum atomic E-state index is 13.9. The molecule has 2 aliphatic rings. The van der Waals surface area contributed by atoms with E-state index in [0.29, 0.717) is 38.3 Å². The minimum Gasteiger partial charge on any atom is -0.490 e. The molecular weight excluding hydrogens is 413 g/mol. The summed E-state index contributed by atoms with van der Waals surface area (Å²) in [6.07, 6.45) is 3.28. The highest BCUT2D eigenvalue weighted by molar-refractivity contribution is 7.91. The molecule has 1 aliphatic heterocycles. The Morgan fingerprint density at radius 2 is 2.00 bits per heavy atom. The topological polar surface area (TPSA) is 90.0 Å². The first-order valence-corrected chi connectivity index (χ1v) is 12.2. The number of halogens is 1. The van der Waals surface area contributed by atoms with Crippen LogP contribution < -0.4 is 4.74 Å². The van der Waals surface area contributed by atoms with E-state index in [0.717, 1.165) is 18.4 Å². The Balaban J connectivity index is 1.42. The molecule has 1 aliphatic carbocycles. The van der Waals surface area contributed by atoms with Gasteiger partial charge in [0, 0.05) is 6.54 Å². The predicted octanol–water partition coefficient (Wildman–Crippen LogP) is 3.28. The summed E-state index contributed by atoms with van der Waals surface area (Å²) in [7, 11) is -3.28. The van der Waals surface area contributed by atoms with Crippen molar-refractivity contribution in [2.45, 2.75) is 44.9 Å². The Kier molecular flexibility index (Phi) is 7.33. The van der Waals surface area contributed by atoms with Crippen molar-refractivity contribution in [2.75, 3.05) is 31.2 Å². The molecule has 3 rings (SSSR count). The SMILES string of the molecule is C[C@@H](CS(=O)(=O)CCCCCN1CC(=O)OC1=O)c1ccc(F)c(OCC2CC2)c1. The van der Waals surface area contributed by atoms with E-state index in [1.807, 2.05) is 6.92 Å². The lowest BCUT2D eigenvalue weighted by Gasteiger charge is -2.15. The first-order valence-electron chi connectivity index (χ1n) is 10.4. The second-order valence-electron chi connectivity index (χ2n) is 8.18. The molecule has 0 aromatic heterocycles. The molecule has 1 amide bonds. The average molecular weight is 442 g/mol. The Hall–Kier alpha value is -2.16. The lowest BCUT2D eigenvalue weighted by molar-refractivity contribution is -0.132. The Labute approximate surface area is 176 Å². The molecule has 1 aromatic carbocycles. The van der Waals surface area contributed by atoms with Crippen molar-refractivity contribution in [3.8, 4) is 5.75 Å². The van der Waals surface area contributed by atoms with Gasteiger partial charge in [0.1, 0.15) is 6.54 Å². The molecule has 1 atom stereocenters. The second-order valence-corrected chi connectivity index (χ2v) is 10.4. The zero-order valence-corrected chi connectivity index (χ0v) is 18.0. The van der Waals surface area contributed by atoms with Crippen LogP contribution in [0.15, 0.2) is 18.2 Å². The number of rotatable bonds is 12. The average Bonchev–Trinajstić information content (AvgIpc) is 3.44. The molecule has 1 saturated heterocycles. The summed E-state index contributed by atoms with van der Waals surface area (Å²) in [6.45, 7) is 2.64. The number of hydrogen-bond donors (Lipinski definition) is 0. The number of esters is 1. The van der Waals surface area contributed by atoms with Crippen LogP contribution >= 0.6 is 0 Å². The second kappa shape index (κ2) is 9.76. The van der Waals surface area contributed by atoms with Crippen LogP contribution in [0.3, 0.4) is 0 Å². The molecular formula is C21H28FNO6S. The molecule has 1 heterocycles. The van der Waals surface area contributed by atoms with Gasteiger partial charge in [-0.2, -0.15) is 0 Å². The third kappa shape index (κ3) is 6.68. The van der Waals surface area contributed by atoms with Gasteiger partial charge in [0.25, 0.3) is 0 Å². The van der Waals surface area contributed by atoms with Crippen LogP contribution in [0.5, 0.6) is 5.75 Å². The molecule has 1 aromatic rings. The van der Waals surface area contributed by atoms with E-state index in [4.69, 9.17) is 4.74 Å². The van der Waals surface area contributed by atoms with Gasteiger partial charge in [0.2, 0.25) is 0 Å². The minimum absolute atomic E-state index is 0.0202. The lowest BCUT2D eigenvalue weighted by atomic mass is 10.0. The number of unbranched alkanes of at least 4 members (excludes halogenated alkanes) is 2. The fourth-order valence-corrected chi connectivity index (χ4v) is 5.14. The zero-order chi connectivity index (χ0) is 21.7. The number of carbonyl (C=O) groups excluding carboxylic acids is 2. The van der Waals surface area contributed by atoms with E-state index < -0.39 is 27.7 Å². The number of ether oxygens (including phenoxy) is 2. The summed E-state index contributed by atoms with van der Waals surface area (Å²) in [4.78, 5) is 23.7. The third-order valence-corrected chi connectivity index (χ3v) is 7.28. The monoisotopic (exact) mass is 441 g/mol. The highest BCUT2D eigenvalue weighted by Gasteiger charge is 2.29. The highest BCUT2D eigenvalue weighted by atomic mass is 32.2. The summed E-state index contributed by atoms with van der Waals surface area (Å²) >= 11 is 0. The van der Waals surface area contributed by atoms with Gasteiger partial charge in [0.05, 0.1) is 18.1 Å². The molecule has 30 heavy (non-hydrogen) atoms. The van der Waals surface area contributed by atoms with Crippen LogP contribution in [0.4, 0.5) is 9.18 Å². The van der Waals surface area contributed by atoms with Gasteiger partial charge < -0.3 is 9.47 Å². The molecule has 9 heteroatoms. The molecule has 0 N–H and O–H groups in total. The van der Waals surface area contributed by atoms with Crippen molar-refractivity contribution in [3.63, 3.8) is 0 Å². The maximum absolute atomic E-state index is 13.9. The first-order chi connectivity index (χ1) is 14.2. The van der Waals surface area contributed by atoms with Crippen LogP contribution in [0.1, 0.15) is 50.5 Å². The normalized spacial score (nSPS) is 17.9. The summed E-state index contributed by atoms with van der Waals surface area (Å²) in [5.41, 5.74) is 0.739. The third-order valence-electron chi connectivity index (χ3n) is 5.36. The fraction of sp³-hybridized carbons (Fsp3) is 0.619. The van der Waals surface area contributed by atoms with Gasteiger partial charge in [-0.05, 0) is 55.2 Å². The van der Waals surface area contributed by atoms with Gasteiger partial charge in [-0.15, -0.1) is 0 Å². The van der Waals surface area contributed by atoms with E-state index in [-0.39, 0.29) is 29.7 Å². The number of sulfone groups is 1. The fourth-order valence-electron chi connectivity index (χ4n) is 3.38. The molecule has 1 saturated carbocycles. The van der Waals surface area contributed by atoms with Crippen molar-refractivity contribution < 1.29 is 31.9 Å². The summed E-state index contributed by atoms with van der Waals surface area (Å²) in [5, 5.41) is 0. The van der Waals surface area contributed by atoms with Crippen molar-refractivity contribution in [2.24, 2.45) is 5.92 Å². The Morgan fingerprint density at radius 3 is 2.67 bits per heavy atom. The van der Waals surface area contributed by atoms with E-state index in [2.05, 4.69) is 4.74 Å². The van der Waals surface area contributed by atoms with Crippen LogP contribution in [0.2, 0.25) is 0 Å². The summed E-state index contributed by atoms with van der Waals surface area (Å²) in [6, 6.07) is 4.54. The van der Waals surface area contributed by atoms with Crippen LogP contribution in [-0.4, -0.2) is 56.6 Å². The molecule has 2 fully saturated rings. The predicted molar refractivity (Wildman–Crippen MR) is 109 cm³/mol. The number of hydrogen-bond acceptors (Lipinski definition) is 6. The quantitative estimate of drug-likeness (QED) is 0.281. The number of cyclic esters (lactones) is 2. The number of benzene rings is 1. The lowest BCUT2D eigenvalue weighted by Crippen LogP contribution is -2.25. The largest absolute Gasteiger partial charge is 0.490 e. The van der Waals surface area contributed by atoms with Crippen molar-refractivity contribution >= 4 is 21.9 Å². The van der Waals surface area contributed by atoms with E-state index in [1.165, 1.54) is 11.0 Å². The van der Waals surface area contributed by atoms with Crippen LogP contribution in [0, 0.1) is 11.7 Å². The van der Waals surface area contributed by atoms with Crippen LogP contribution in [-0.2, 0) is 19.4 Å². The van der Waals surface area contributed by atoms with Gasteiger partial charge >= 0.3 is 12.1 Å². The van der Waals surface area contributed by atoms with Gasteiger partial charge in [-0.1, -0.05) is 19.4 Å².